The predicted octanol–water partition coefficient (Wildman–Crippen LogP) is -0.0117. The summed E-state index contributed by atoms with van der Waals surface area (Å²) in [6.07, 6.45) is 0.0540. The lowest BCUT2D eigenvalue weighted by Gasteiger charge is -1.98. The van der Waals surface area contributed by atoms with Crippen LogP contribution in [0.25, 0.3) is 0 Å². The van der Waals surface area contributed by atoms with Crippen molar-refractivity contribution in [1.82, 2.24) is 10.1 Å². The van der Waals surface area contributed by atoms with Gasteiger partial charge in [-0.1, -0.05) is 12.1 Å². The first-order valence-corrected chi connectivity index (χ1v) is 4.56. The summed E-state index contributed by atoms with van der Waals surface area (Å²) in [5, 5.41) is 12.9. The van der Waals surface area contributed by atoms with E-state index in [1.165, 1.54) is 0 Å². The molecule has 1 aromatic rings. The first-order valence-electron chi connectivity index (χ1n) is 4.56. The zero-order chi connectivity index (χ0) is 10.4. The van der Waals surface area contributed by atoms with Crippen molar-refractivity contribution in [1.29, 1.82) is 0 Å². The maximum Gasteiger partial charge on any atom is 0.256 e. The van der Waals surface area contributed by atoms with Gasteiger partial charge in [0.05, 0.1) is 0 Å². The fourth-order valence-electron chi connectivity index (χ4n) is 0.870. The summed E-state index contributed by atoms with van der Waals surface area (Å²) in [4.78, 5) is 3.92. The van der Waals surface area contributed by atoms with E-state index >= 15 is 0 Å². The van der Waals surface area contributed by atoms with Gasteiger partial charge in [0.25, 0.3) is 5.89 Å². The average molecular weight is 201 g/mol. The number of aliphatic hydroxyl groups is 1. The molecule has 0 fully saturated rings. The van der Waals surface area contributed by atoms with Crippen molar-refractivity contribution in [2.45, 2.75) is 26.1 Å². The van der Waals surface area contributed by atoms with Gasteiger partial charge in [-0.25, -0.2) is 0 Å². The fourth-order valence-corrected chi connectivity index (χ4v) is 0.870. The molecule has 1 rings (SSSR count). The summed E-state index contributed by atoms with van der Waals surface area (Å²) < 4.78 is 9.97. The highest BCUT2D eigenvalue weighted by molar-refractivity contribution is 4.88. The van der Waals surface area contributed by atoms with Crippen LogP contribution in [0.3, 0.4) is 0 Å². The summed E-state index contributed by atoms with van der Waals surface area (Å²) in [5.41, 5.74) is 5.23. The zero-order valence-electron chi connectivity index (χ0n) is 8.14. The molecule has 0 bridgehead atoms. The van der Waals surface area contributed by atoms with Gasteiger partial charge in [0.1, 0.15) is 12.7 Å². The van der Waals surface area contributed by atoms with Crippen LogP contribution in [-0.2, 0) is 11.3 Å². The molecule has 3 N–H and O–H groups in total. The van der Waals surface area contributed by atoms with Crippen LogP contribution in [0.1, 0.15) is 31.2 Å². The summed E-state index contributed by atoms with van der Waals surface area (Å²) in [7, 11) is 0. The van der Waals surface area contributed by atoms with E-state index in [0.717, 1.165) is 6.42 Å². The minimum absolute atomic E-state index is 0.0669. The van der Waals surface area contributed by atoms with Gasteiger partial charge in [-0.05, 0) is 6.42 Å². The Bertz CT molecular complexity index is 264. The topological polar surface area (TPSA) is 94.4 Å². The standard InChI is InChI=1S/C8H15N3O3/c1-2-3-13-5-7-10-8(14-11-7)6(12)4-9/h6,12H,2-5,9H2,1H3. The van der Waals surface area contributed by atoms with Crippen molar-refractivity contribution in [3.63, 3.8) is 0 Å². The zero-order valence-corrected chi connectivity index (χ0v) is 8.14. The van der Waals surface area contributed by atoms with E-state index in [2.05, 4.69) is 10.1 Å². The molecule has 80 valence electrons. The van der Waals surface area contributed by atoms with Crippen molar-refractivity contribution in [3.05, 3.63) is 11.7 Å². The van der Waals surface area contributed by atoms with Crippen molar-refractivity contribution in [2.24, 2.45) is 5.73 Å². The lowest BCUT2D eigenvalue weighted by molar-refractivity contribution is 0.114. The van der Waals surface area contributed by atoms with Crippen LogP contribution in [0.4, 0.5) is 0 Å². The highest BCUT2D eigenvalue weighted by Crippen LogP contribution is 2.08. The number of ether oxygens (including phenoxy) is 1. The number of nitrogens with two attached hydrogens (primary N) is 1. The number of rotatable bonds is 6. The number of hydrogen-bond acceptors (Lipinski definition) is 6. The molecular weight excluding hydrogens is 186 g/mol. The average Bonchev–Trinajstić information content (AvgIpc) is 2.66. The monoisotopic (exact) mass is 201 g/mol. The second-order valence-corrected chi connectivity index (χ2v) is 2.85. The van der Waals surface area contributed by atoms with Gasteiger partial charge in [-0.2, -0.15) is 4.98 Å². The van der Waals surface area contributed by atoms with E-state index < -0.39 is 6.10 Å². The third-order valence-electron chi connectivity index (χ3n) is 1.57. The Morgan fingerprint density at radius 1 is 1.64 bits per heavy atom. The van der Waals surface area contributed by atoms with Crippen molar-refractivity contribution in [3.8, 4) is 0 Å². The van der Waals surface area contributed by atoms with Gasteiger partial charge in [-0.3, -0.25) is 0 Å². The Labute approximate surface area is 82.1 Å². The second kappa shape index (κ2) is 5.69. The molecule has 1 aromatic heterocycles. The Kier molecular flexibility index (Phi) is 4.51. The quantitative estimate of drug-likeness (QED) is 0.628. The van der Waals surface area contributed by atoms with Crippen LogP contribution < -0.4 is 5.73 Å². The molecule has 6 nitrogen and oxygen atoms in total. The van der Waals surface area contributed by atoms with Crippen LogP contribution in [0.15, 0.2) is 4.52 Å². The summed E-state index contributed by atoms with van der Waals surface area (Å²) in [5.74, 6) is 0.573. The molecular formula is C8H15N3O3. The van der Waals surface area contributed by atoms with E-state index in [1.807, 2.05) is 6.92 Å². The molecule has 0 aromatic carbocycles. The Morgan fingerprint density at radius 3 is 3.07 bits per heavy atom. The molecule has 0 aliphatic rings. The van der Waals surface area contributed by atoms with Crippen molar-refractivity contribution in [2.75, 3.05) is 13.2 Å². The SMILES string of the molecule is CCCOCc1noc(C(O)CN)n1. The molecule has 6 heteroatoms. The van der Waals surface area contributed by atoms with Gasteiger partial charge in [0.15, 0.2) is 5.82 Å². The van der Waals surface area contributed by atoms with Gasteiger partial charge in [0, 0.05) is 13.2 Å². The summed E-state index contributed by atoms with van der Waals surface area (Å²) in [6, 6.07) is 0. The Balaban J connectivity index is 2.42. The lowest BCUT2D eigenvalue weighted by Crippen LogP contribution is -2.11. The van der Waals surface area contributed by atoms with Crippen molar-refractivity contribution >= 4 is 0 Å². The molecule has 0 amide bonds. The van der Waals surface area contributed by atoms with Crippen LogP contribution in [0, 0.1) is 0 Å². The molecule has 14 heavy (non-hydrogen) atoms. The van der Waals surface area contributed by atoms with Crippen LogP contribution in [0.2, 0.25) is 0 Å². The number of hydrogen-bond donors (Lipinski definition) is 2. The maximum absolute atomic E-state index is 9.25. The van der Waals surface area contributed by atoms with E-state index in [-0.39, 0.29) is 12.4 Å². The van der Waals surface area contributed by atoms with E-state index in [4.69, 9.17) is 15.0 Å². The number of aromatic nitrogens is 2. The number of nitrogens with zero attached hydrogens (tertiary/aromatic N) is 2. The van der Waals surface area contributed by atoms with E-state index in [9.17, 15) is 5.11 Å². The van der Waals surface area contributed by atoms with E-state index in [0.29, 0.717) is 19.0 Å². The van der Waals surface area contributed by atoms with Crippen molar-refractivity contribution < 1.29 is 14.4 Å². The molecule has 1 heterocycles. The predicted molar refractivity (Wildman–Crippen MR) is 48.3 cm³/mol. The molecule has 0 saturated heterocycles. The maximum atomic E-state index is 9.25. The highest BCUT2D eigenvalue weighted by atomic mass is 16.5. The first-order chi connectivity index (χ1) is 6.77. The Morgan fingerprint density at radius 2 is 2.43 bits per heavy atom. The van der Waals surface area contributed by atoms with Crippen LogP contribution >= 0.6 is 0 Å². The molecule has 0 spiro atoms. The van der Waals surface area contributed by atoms with Gasteiger partial charge in [0.2, 0.25) is 0 Å². The third kappa shape index (κ3) is 3.06. The van der Waals surface area contributed by atoms with Gasteiger partial charge in [-0.15, -0.1) is 0 Å². The molecule has 0 radical (unpaired) electrons. The molecule has 0 aliphatic carbocycles. The first kappa shape index (κ1) is 11.1. The minimum Gasteiger partial charge on any atom is -0.382 e. The van der Waals surface area contributed by atoms with Crippen LogP contribution in [0.5, 0.6) is 0 Å². The molecule has 0 aliphatic heterocycles. The summed E-state index contributed by atoms with van der Waals surface area (Å²) >= 11 is 0. The third-order valence-corrected chi connectivity index (χ3v) is 1.57. The van der Waals surface area contributed by atoms with Crippen LogP contribution in [-0.4, -0.2) is 28.4 Å². The minimum atomic E-state index is -0.887. The van der Waals surface area contributed by atoms with Gasteiger partial charge < -0.3 is 20.1 Å². The molecule has 1 unspecified atom stereocenters. The largest absolute Gasteiger partial charge is 0.382 e. The number of aliphatic hydroxyl groups excluding tert-OH is 1. The molecule has 1 atom stereocenters. The molecule has 0 saturated carbocycles. The second-order valence-electron chi connectivity index (χ2n) is 2.85. The normalized spacial score (nSPS) is 13.1. The lowest BCUT2D eigenvalue weighted by atomic mass is 10.4. The van der Waals surface area contributed by atoms with Gasteiger partial charge >= 0.3 is 0 Å². The Hall–Kier alpha value is -0.980. The van der Waals surface area contributed by atoms with E-state index in [1.54, 1.807) is 0 Å². The summed E-state index contributed by atoms with van der Waals surface area (Å²) in [6.45, 7) is 3.04. The smallest absolute Gasteiger partial charge is 0.256 e. The highest BCUT2D eigenvalue weighted by Gasteiger charge is 2.13. The fraction of sp³-hybridized carbons (Fsp3) is 0.750.